The molecule has 1 aliphatic heterocycles. The van der Waals surface area contributed by atoms with E-state index in [9.17, 15) is 13.2 Å². The Hall–Kier alpha value is -2.65. The normalized spacial score (nSPS) is 14.4. The molecule has 1 amide bonds. The third-order valence-corrected chi connectivity index (χ3v) is 6.34. The molecule has 0 aliphatic carbocycles. The monoisotopic (exact) mass is 431 g/mol. The Morgan fingerprint density at radius 3 is 2.47 bits per heavy atom. The third kappa shape index (κ3) is 5.09. The van der Waals surface area contributed by atoms with E-state index in [0.29, 0.717) is 11.4 Å². The van der Waals surface area contributed by atoms with Crippen molar-refractivity contribution in [2.75, 3.05) is 49.9 Å². The molecule has 1 fully saturated rings. The van der Waals surface area contributed by atoms with Crippen LogP contribution >= 0.6 is 0 Å². The summed E-state index contributed by atoms with van der Waals surface area (Å²) in [6.07, 6.45) is 3.37. The maximum absolute atomic E-state index is 12.8. The lowest BCUT2D eigenvalue weighted by Gasteiger charge is -2.30. The van der Waals surface area contributed by atoms with Gasteiger partial charge in [-0.2, -0.15) is 0 Å². The molecule has 1 aliphatic rings. The van der Waals surface area contributed by atoms with E-state index in [1.807, 2.05) is 17.0 Å². The molecule has 0 spiro atoms. The number of hydrogen-bond acceptors (Lipinski definition) is 6. The highest BCUT2D eigenvalue weighted by molar-refractivity contribution is 7.92. The predicted molar refractivity (Wildman–Crippen MR) is 119 cm³/mol. The third-order valence-electron chi connectivity index (χ3n) is 4.94. The van der Waals surface area contributed by atoms with Crippen molar-refractivity contribution < 1.29 is 13.2 Å². The number of pyridine rings is 1. The molecule has 9 heteroatoms. The number of anilines is 2. The highest BCUT2D eigenvalue weighted by Crippen LogP contribution is 2.25. The molecule has 0 atom stereocenters. The highest BCUT2D eigenvalue weighted by atomic mass is 32.2. The summed E-state index contributed by atoms with van der Waals surface area (Å²) in [4.78, 5) is 20.9. The van der Waals surface area contributed by atoms with Gasteiger partial charge in [-0.3, -0.25) is 9.52 Å². The SMILES string of the molecule is CCCc1ccc(S(=O)(=O)Nc2cnc(N3CCNCC3)c(C(=O)N(C)C)c2)cc1. The van der Waals surface area contributed by atoms with Crippen LogP contribution in [0.2, 0.25) is 0 Å². The summed E-state index contributed by atoms with van der Waals surface area (Å²) in [5.41, 5.74) is 1.73. The van der Waals surface area contributed by atoms with Crippen molar-refractivity contribution in [1.82, 2.24) is 15.2 Å². The van der Waals surface area contributed by atoms with Gasteiger partial charge in [0.1, 0.15) is 5.82 Å². The first kappa shape index (κ1) is 22.0. The van der Waals surface area contributed by atoms with E-state index in [0.717, 1.165) is 44.6 Å². The van der Waals surface area contributed by atoms with Crippen LogP contribution in [0.4, 0.5) is 11.5 Å². The van der Waals surface area contributed by atoms with Crippen LogP contribution in [0.25, 0.3) is 0 Å². The number of sulfonamides is 1. The number of carbonyl (C=O) groups excluding carboxylic acids is 1. The molecule has 8 nitrogen and oxygen atoms in total. The van der Waals surface area contributed by atoms with Crippen molar-refractivity contribution in [2.45, 2.75) is 24.7 Å². The van der Waals surface area contributed by atoms with Gasteiger partial charge in [-0.1, -0.05) is 25.5 Å². The van der Waals surface area contributed by atoms with Gasteiger partial charge in [0.2, 0.25) is 0 Å². The van der Waals surface area contributed by atoms with Gasteiger partial charge in [-0.15, -0.1) is 0 Å². The number of nitrogens with one attached hydrogen (secondary N) is 2. The van der Waals surface area contributed by atoms with Crippen molar-refractivity contribution in [3.05, 3.63) is 47.7 Å². The van der Waals surface area contributed by atoms with Gasteiger partial charge in [-0.25, -0.2) is 13.4 Å². The highest BCUT2D eigenvalue weighted by Gasteiger charge is 2.23. The van der Waals surface area contributed by atoms with Gasteiger partial charge in [-0.05, 0) is 30.2 Å². The van der Waals surface area contributed by atoms with Gasteiger partial charge in [0, 0.05) is 40.3 Å². The van der Waals surface area contributed by atoms with Crippen LogP contribution in [0.3, 0.4) is 0 Å². The van der Waals surface area contributed by atoms with Crippen molar-refractivity contribution >= 4 is 27.4 Å². The minimum Gasteiger partial charge on any atom is -0.353 e. The topological polar surface area (TPSA) is 94.6 Å². The van der Waals surface area contributed by atoms with Gasteiger partial charge in [0.15, 0.2) is 0 Å². The number of amides is 1. The summed E-state index contributed by atoms with van der Waals surface area (Å²) < 4.78 is 28.2. The summed E-state index contributed by atoms with van der Waals surface area (Å²) >= 11 is 0. The number of piperazine rings is 1. The Bertz CT molecular complexity index is 984. The molecule has 0 unspecified atom stereocenters. The number of aromatic nitrogens is 1. The molecule has 2 aromatic rings. The number of aryl methyl sites for hydroxylation is 1. The Kier molecular flexibility index (Phi) is 6.94. The average molecular weight is 432 g/mol. The molecule has 2 heterocycles. The lowest BCUT2D eigenvalue weighted by atomic mass is 10.1. The lowest BCUT2D eigenvalue weighted by molar-refractivity contribution is 0.0827. The van der Waals surface area contributed by atoms with E-state index in [1.54, 1.807) is 32.3 Å². The Morgan fingerprint density at radius 1 is 1.20 bits per heavy atom. The standard InChI is InChI=1S/C21H29N5O3S/c1-4-5-16-6-8-18(9-7-16)30(28,29)24-17-14-19(21(27)25(2)3)20(23-15-17)26-12-10-22-11-13-26/h6-9,14-15,22,24H,4-5,10-13H2,1-3H3. The molecular weight excluding hydrogens is 402 g/mol. The molecule has 3 rings (SSSR count). The Morgan fingerprint density at radius 2 is 1.87 bits per heavy atom. The molecule has 162 valence electrons. The van der Waals surface area contributed by atoms with Crippen molar-refractivity contribution in [1.29, 1.82) is 0 Å². The van der Waals surface area contributed by atoms with Crippen LogP contribution in [-0.2, 0) is 16.4 Å². The van der Waals surface area contributed by atoms with E-state index >= 15 is 0 Å². The zero-order valence-electron chi connectivity index (χ0n) is 17.7. The molecule has 0 bridgehead atoms. The number of nitrogens with zero attached hydrogens (tertiary/aromatic N) is 3. The van der Waals surface area contributed by atoms with E-state index in [2.05, 4.69) is 21.9 Å². The number of rotatable bonds is 7. The first-order valence-electron chi connectivity index (χ1n) is 10.1. The van der Waals surface area contributed by atoms with E-state index in [4.69, 9.17) is 0 Å². The predicted octanol–water partition coefficient (Wildman–Crippen LogP) is 1.95. The number of hydrogen-bond donors (Lipinski definition) is 2. The van der Waals surface area contributed by atoms with E-state index in [1.165, 1.54) is 11.1 Å². The van der Waals surface area contributed by atoms with Crippen molar-refractivity contribution in [3.63, 3.8) is 0 Å². The Balaban J connectivity index is 1.89. The fraction of sp³-hybridized carbons (Fsp3) is 0.429. The second-order valence-corrected chi connectivity index (χ2v) is 9.21. The summed E-state index contributed by atoms with van der Waals surface area (Å²) in [6, 6.07) is 8.41. The molecule has 1 aromatic carbocycles. The van der Waals surface area contributed by atoms with E-state index in [-0.39, 0.29) is 16.5 Å². The first-order valence-corrected chi connectivity index (χ1v) is 11.6. The minimum atomic E-state index is -3.78. The van der Waals surface area contributed by atoms with Gasteiger partial charge < -0.3 is 15.1 Å². The Labute approximate surface area is 178 Å². The maximum atomic E-state index is 12.8. The van der Waals surface area contributed by atoms with Gasteiger partial charge in [0.25, 0.3) is 15.9 Å². The number of carbonyl (C=O) groups is 1. The second-order valence-electron chi connectivity index (χ2n) is 7.53. The summed E-state index contributed by atoms with van der Waals surface area (Å²) in [5.74, 6) is 0.350. The van der Waals surface area contributed by atoms with Crippen molar-refractivity contribution in [2.24, 2.45) is 0 Å². The fourth-order valence-electron chi connectivity index (χ4n) is 3.38. The molecule has 1 saturated heterocycles. The smallest absolute Gasteiger partial charge is 0.261 e. The zero-order chi connectivity index (χ0) is 21.7. The molecule has 1 aromatic heterocycles. The van der Waals surface area contributed by atoms with Gasteiger partial charge >= 0.3 is 0 Å². The first-order chi connectivity index (χ1) is 14.3. The van der Waals surface area contributed by atoms with Crippen LogP contribution in [0.15, 0.2) is 41.4 Å². The molecule has 0 saturated carbocycles. The fourth-order valence-corrected chi connectivity index (χ4v) is 4.41. The number of benzene rings is 1. The second kappa shape index (κ2) is 9.44. The molecule has 0 radical (unpaired) electrons. The maximum Gasteiger partial charge on any atom is 0.261 e. The summed E-state index contributed by atoms with van der Waals surface area (Å²) in [7, 11) is -0.453. The van der Waals surface area contributed by atoms with Crippen LogP contribution in [-0.4, -0.2) is 64.5 Å². The van der Waals surface area contributed by atoms with Crippen LogP contribution < -0.4 is 14.9 Å². The van der Waals surface area contributed by atoms with Gasteiger partial charge in [0.05, 0.1) is 22.3 Å². The zero-order valence-corrected chi connectivity index (χ0v) is 18.5. The van der Waals surface area contributed by atoms with E-state index < -0.39 is 10.0 Å². The molecule has 2 N–H and O–H groups in total. The minimum absolute atomic E-state index is 0.175. The van der Waals surface area contributed by atoms with Crippen LogP contribution in [0, 0.1) is 0 Å². The molecule has 30 heavy (non-hydrogen) atoms. The molecular formula is C21H29N5O3S. The summed E-state index contributed by atoms with van der Waals surface area (Å²) in [6.45, 7) is 5.15. The quantitative estimate of drug-likeness (QED) is 0.696. The largest absolute Gasteiger partial charge is 0.353 e. The van der Waals surface area contributed by atoms with Crippen LogP contribution in [0.5, 0.6) is 0 Å². The average Bonchev–Trinajstić information content (AvgIpc) is 2.74. The lowest BCUT2D eigenvalue weighted by Crippen LogP contribution is -2.44. The van der Waals surface area contributed by atoms with Crippen LogP contribution in [0.1, 0.15) is 29.3 Å². The van der Waals surface area contributed by atoms with Crippen molar-refractivity contribution in [3.8, 4) is 0 Å². The summed E-state index contributed by atoms with van der Waals surface area (Å²) in [5, 5.41) is 3.27.